The minimum absolute atomic E-state index is 0.0714. The molecule has 2 aromatic carbocycles. The van der Waals surface area contributed by atoms with Crippen molar-refractivity contribution >= 4 is 27.0 Å². The van der Waals surface area contributed by atoms with Crippen LogP contribution in [-0.4, -0.2) is 39.0 Å². The molecule has 0 radical (unpaired) electrons. The number of primary sulfonamides is 1. The predicted molar refractivity (Wildman–Crippen MR) is 100 cm³/mol. The third kappa shape index (κ3) is 3.15. The molecule has 10 nitrogen and oxygen atoms in total. The molecule has 14 heteroatoms. The number of aromatic nitrogens is 6. The van der Waals surface area contributed by atoms with Gasteiger partial charge in [-0.15, -0.1) is 10.2 Å². The zero-order valence-electron chi connectivity index (χ0n) is 15.1. The predicted octanol–water partition coefficient (Wildman–Crippen LogP) is 1.97. The van der Waals surface area contributed by atoms with E-state index in [0.717, 1.165) is 11.6 Å². The fourth-order valence-electron chi connectivity index (χ4n) is 3.28. The number of hydrogen-bond acceptors (Lipinski definition) is 7. The number of halogens is 3. The molecule has 30 heavy (non-hydrogen) atoms. The first kappa shape index (κ1) is 19.8. The van der Waals surface area contributed by atoms with Gasteiger partial charge in [0.2, 0.25) is 15.8 Å². The number of nitrogens with zero attached hydrogens (tertiary/aromatic N) is 4. The number of hydrogen-bond donors (Lipinski definition) is 4. The number of sulfonamides is 1. The van der Waals surface area contributed by atoms with Crippen LogP contribution in [0.25, 0.3) is 33.5 Å². The van der Waals surface area contributed by atoms with Crippen LogP contribution >= 0.6 is 0 Å². The zero-order valence-corrected chi connectivity index (χ0v) is 15.9. The van der Waals surface area contributed by atoms with E-state index in [0.29, 0.717) is 22.7 Å². The Morgan fingerprint density at radius 1 is 1.10 bits per heavy atom. The minimum Gasteiger partial charge on any atom is -0.369 e. The number of anilines is 1. The van der Waals surface area contributed by atoms with Crippen molar-refractivity contribution in [3.05, 3.63) is 35.4 Å². The second-order valence-electron chi connectivity index (χ2n) is 6.42. The molecule has 0 aliphatic carbocycles. The topological polar surface area (TPSA) is 169 Å². The highest BCUT2D eigenvalue weighted by atomic mass is 32.2. The van der Waals surface area contributed by atoms with E-state index in [4.69, 9.17) is 10.9 Å². The summed E-state index contributed by atoms with van der Waals surface area (Å²) >= 11 is 0. The van der Waals surface area contributed by atoms with E-state index in [1.165, 1.54) is 0 Å². The monoisotopic (exact) mass is 438 g/mol. The third-order valence-corrected chi connectivity index (χ3v) is 5.46. The van der Waals surface area contributed by atoms with Gasteiger partial charge in [0.1, 0.15) is 4.90 Å². The Kier molecular flexibility index (Phi) is 4.28. The second kappa shape index (κ2) is 6.50. The molecule has 2 aromatic heterocycles. The SMILES string of the molecule is Cc1ccc(-c2ccc(C(F)(F)F)c(S(N)(=O)=O)c2-c2nn[nH]n2)c2[nH]c(N)nc12. The lowest BCUT2D eigenvalue weighted by molar-refractivity contribution is -0.139. The number of nitrogen functional groups attached to an aromatic ring is 1. The van der Waals surface area contributed by atoms with Gasteiger partial charge in [0, 0.05) is 5.56 Å². The number of aryl methyl sites for hydroxylation is 1. The van der Waals surface area contributed by atoms with E-state index in [-0.39, 0.29) is 17.3 Å². The lowest BCUT2D eigenvalue weighted by Crippen LogP contribution is -2.21. The Labute approximate surface area is 166 Å². The fraction of sp³-hybridized carbons (Fsp3) is 0.125. The van der Waals surface area contributed by atoms with Gasteiger partial charge in [-0.1, -0.05) is 18.2 Å². The summed E-state index contributed by atoms with van der Waals surface area (Å²) in [6, 6.07) is 5.02. The quantitative estimate of drug-likeness (QED) is 0.379. The maximum atomic E-state index is 13.6. The van der Waals surface area contributed by atoms with Gasteiger partial charge in [0.05, 0.1) is 22.2 Å². The van der Waals surface area contributed by atoms with Gasteiger partial charge in [0.25, 0.3) is 0 Å². The van der Waals surface area contributed by atoms with Crippen LogP contribution in [0.1, 0.15) is 11.1 Å². The Bertz CT molecular complexity index is 1380. The zero-order chi connectivity index (χ0) is 21.8. The lowest BCUT2D eigenvalue weighted by Gasteiger charge is -2.18. The van der Waals surface area contributed by atoms with E-state index in [2.05, 4.69) is 30.6 Å². The molecule has 6 N–H and O–H groups in total. The van der Waals surface area contributed by atoms with Crippen LogP contribution in [0.4, 0.5) is 19.1 Å². The first-order chi connectivity index (χ1) is 14.0. The Morgan fingerprint density at radius 3 is 2.40 bits per heavy atom. The van der Waals surface area contributed by atoms with E-state index < -0.39 is 32.2 Å². The average molecular weight is 438 g/mol. The van der Waals surface area contributed by atoms with Crippen molar-refractivity contribution in [3.8, 4) is 22.5 Å². The summed E-state index contributed by atoms with van der Waals surface area (Å²) in [6.45, 7) is 1.77. The molecular formula is C16H13F3N8O2S. The van der Waals surface area contributed by atoms with Crippen LogP contribution in [0.5, 0.6) is 0 Å². The molecule has 4 aromatic rings. The molecular weight excluding hydrogens is 425 g/mol. The molecule has 0 atom stereocenters. The van der Waals surface area contributed by atoms with Crippen LogP contribution < -0.4 is 10.9 Å². The van der Waals surface area contributed by atoms with Crippen molar-refractivity contribution in [2.24, 2.45) is 5.14 Å². The van der Waals surface area contributed by atoms with Crippen molar-refractivity contribution in [1.29, 1.82) is 0 Å². The number of alkyl halides is 3. The van der Waals surface area contributed by atoms with Crippen molar-refractivity contribution in [1.82, 2.24) is 30.6 Å². The lowest BCUT2D eigenvalue weighted by atomic mass is 9.94. The summed E-state index contributed by atoms with van der Waals surface area (Å²) in [6.07, 6.45) is -5.00. The number of aromatic amines is 2. The average Bonchev–Trinajstić information content (AvgIpc) is 3.29. The Hall–Kier alpha value is -3.52. The second-order valence-corrected chi connectivity index (χ2v) is 7.92. The van der Waals surface area contributed by atoms with Gasteiger partial charge in [-0.05, 0) is 29.3 Å². The smallest absolute Gasteiger partial charge is 0.369 e. The fourth-order valence-corrected chi connectivity index (χ4v) is 4.26. The Morgan fingerprint density at radius 2 is 1.80 bits per heavy atom. The standard InChI is InChI=1S/C16H13F3N8O2S/c1-6-2-3-8(12-11(6)22-15(20)23-12)7-4-5-9(16(17,18)19)13(30(21,28)29)10(7)14-24-26-27-25-14/h2-5H,1H3,(H3,20,22,23)(H2,21,28,29)(H,24,25,26,27). The van der Waals surface area contributed by atoms with Gasteiger partial charge >= 0.3 is 6.18 Å². The molecule has 0 fully saturated rings. The molecule has 0 bridgehead atoms. The van der Waals surface area contributed by atoms with Crippen LogP contribution in [0, 0.1) is 6.92 Å². The van der Waals surface area contributed by atoms with Crippen LogP contribution in [-0.2, 0) is 16.2 Å². The number of tetrazole rings is 1. The van der Waals surface area contributed by atoms with Gasteiger partial charge in [-0.25, -0.2) is 18.5 Å². The van der Waals surface area contributed by atoms with E-state index >= 15 is 0 Å². The number of imidazole rings is 1. The van der Waals surface area contributed by atoms with Crippen LogP contribution in [0.3, 0.4) is 0 Å². The molecule has 0 saturated heterocycles. The molecule has 0 aliphatic heterocycles. The highest BCUT2D eigenvalue weighted by molar-refractivity contribution is 7.89. The molecule has 0 aliphatic rings. The van der Waals surface area contributed by atoms with E-state index in [1.54, 1.807) is 19.1 Å². The summed E-state index contributed by atoms with van der Waals surface area (Å²) in [5, 5.41) is 18.0. The molecule has 156 valence electrons. The van der Waals surface area contributed by atoms with Gasteiger partial charge in [0.15, 0.2) is 5.95 Å². The molecule has 0 spiro atoms. The van der Waals surface area contributed by atoms with Crippen molar-refractivity contribution in [2.45, 2.75) is 18.0 Å². The minimum atomic E-state index is -5.00. The van der Waals surface area contributed by atoms with E-state index in [1.807, 2.05) is 0 Å². The third-order valence-electron chi connectivity index (χ3n) is 4.47. The summed E-state index contributed by atoms with van der Waals surface area (Å²) in [5.41, 5.74) is 5.89. The maximum Gasteiger partial charge on any atom is 0.417 e. The molecule has 2 heterocycles. The number of H-pyrrole nitrogens is 2. The number of nitrogens with one attached hydrogen (secondary N) is 2. The molecule has 4 rings (SSSR count). The molecule has 0 unspecified atom stereocenters. The molecule has 0 amide bonds. The normalized spacial score (nSPS) is 12.6. The summed E-state index contributed by atoms with van der Waals surface area (Å²) in [4.78, 5) is 5.85. The first-order valence-electron chi connectivity index (χ1n) is 8.24. The number of rotatable bonds is 3. The number of benzene rings is 2. The van der Waals surface area contributed by atoms with Crippen LogP contribution in [0.2, 0.25) is 0 Å². The summed E-state index contributed by atoms with van der Waals surface area (Å²) in [7, 11) is -4.85. The van der Waals surface area contributed by atoms with Crippen LogP contribution in [0.15, 0.2) is 29.2 Å². The highest BCUT2D eigenvalue weighted by Crippen LogP contribution is 2.44. The highest BCUT2D eigenvalue weighted by Gasteiger charge is 2.40. The Balaban J connectivity index is 2.20. The number of fused-ring (bicyclic) bond motifs is 1. The molecule has 0 saturated carbocycles. The van der Waals surface area contributed by atoms with Crippen molar-refractivity contribution in [2.75, 3.05) is 5.73 Å². The summed E-state index contributed by atoms with van der Waals surface area (Å²) < 4.78 is 65.4. The van der Waals surface area contributed by atoms with E-state index in [9.17, 15) is 21.6 Å². The van der Waals surface area contributed by atoms with Crippen molar-refractivity contribution in [3.63, 3.8) is 0 Å². The largest absolute Gasteiger partial charge is 0.417 e. The maximum absolute atomic E-state index is 13.6. The van der Waals surface area contributed by atoms with Crippen molar-refractivity contribution < 1.29 is 21.6 Å². The first-order valence-corrected chi connectivity index (χ1v) is 9.79. The van der Waals surface area contributed by atoms with Gasteiger partial charge in [-0.2, -0.15) is 18.4 Å². The number of nitrogens with two attached hydrogens (primary N) is 2. The van der Waals surface area contributed by atoms with Gasteiger partial charge in [-0.3, -0.25) is 0 Å². The van der Waals surface area contributed by atoms with Gasteiger partial charge < -0.3 is 10.7 Å². The summed E-state index contributed by atoms with van der Waals surface area (Å²) in [5.74, 6) is -0.290.